The summed E-state index contributed by atoms with van der Waals surface area (Å²) in [6, 6.07) is 11.5. The van der Waals surface area contributed by atoms with Crippen molar-refractivity contribution in [2.75, 3.05) is 21.3 Å². The van der Waals surface area contributed by atoms with E-state index in [9.17, 15) is 9.90 Å². The minimum absolute atomic E-state index is 0.00557. The molecule has 0 unspecified atom stereocenters. The molecule has 6 heteroatoms. The lowest BCUT2D eigenvalue weighted by molar-refractivity contribution is -0.140. The Bertz CT molecular complexity index is 961. The molecule has 0 saturated heterocycles. The molecule has 0 saturated carbocycles. The number of benzene rings is 2. The summed E-state index contributed by atoms with van der Waals surface area (Å²) >= 11 is 0. The number of carbonyl (C=O) groups excluding carboxylic acids is 1. The van der Waals surface area contributed by atoms with Crippen molar-refractivity contribution in [2.24, 2.45) is 0 Å². The molecule has 0 aliphatic heterocycles. The molecule has 0 amide bonds. The van der Waals surface area contributed by atoms with Crippen molar-refractivity contribution in [1.29, 1.82) is 0 Å². The highest BCUT2D eigenvalue weighted by molar-refractivity contribution is 5.91. The van der Waals surface area contributed by atoms with Gasteiger partial charge in [-0.05, 0) is 36.6 Å². The number of aromatic amines is 1. The zero-order chi connectivity index (χ0) is 19.4. The molecule has 0 fully saturated rings. The summed E-state index contributed by atoms with van der Waals surface area (Å²) in [4.78, 5) is 14.9. The molecule has 3 aromatic rings. The first-order valence-electron chi connectivity index (χ1n) is 8.70. The monoisotopic (exact) mass is 369 g/mol. The van der Waals surface area contributed by atoms with Crippen LogP contribution in [0.5, 0.6) is 17.2 Å². The third-order valence-corrected chi connectivity index (χ3v) is 4.60. The predicted molar refractivity (Wildman–Crippen MR) is 103 cm³/mol. The summed E-state index contributed by atoms with van der Waals surface area (Å²) in [5.74, 6) is 0.530. The van der Waals surface area contributed by atoms with Crippen LogP contribution in [-0.4, -0.2) is 37.4 Å². The molecule has 2 N–H and O–H groups in total. The quantitative estimate of drug-likeness (QED) is 0.614. The maximum Gasteiger partial charge on any atom is 0.305 e. The Morgan fingerprint density at radius 3 is 2.59 bits per heavy atom. The first-order valence-corrected chi connectivity index (χ1v) is 8.70. The van der Waals surface area contributed by atoms with Gasteiger partial charge in [0.05, 0.1) is 21.3 Å². The van der Waals surface area contributed by atoms with Crippen molar-refractivity contribution in [3.63, 3.8) is 0 Å². The number of phenols is 1. The minimum Gasteiger partial charge on any atom is -0.504 e. The number of aryl methyl sites for hydroxylation is 1. The fourth-order valence-corrected chi connectivity index (χ4v) is 3.31. The number of hydrogen-bond acceptors (Lipinski definition) is 5. The molecule has 0 bridgehead atoms. The van der Waals surface area contributed by atoms with Gasteiger partial charge in [-0.3, -0.25) is 4.79 Å². The molecular formula is C21H23NO5. The highest BCUT2D eigenvalue weighted by Crippen LogP contribution is 2.42. The van der Waals surface area contributed by atoms with E-state index in [4.69, 9.17) is 14.2 Å². The van der Waals surface area contributed by atoms with E-state index in [0.717, 1.165) is 27.7 Å². The number of methoxy groups -OCH3 is 3. The van der Waals surface area contributed by atoms with Crippen LogP contribution in [0, 0.1) is 0 Å². The second-order valence-corrected chi connectivity index (χ2v) is 6.18. The van der Waals surface area contributed by atoms with Crippen molar-refractivity contribution in [3.05, 3.63) is 42.0 Å². The largest absolute Gasteiger partial charge is 0.504 e. The Hall–Kier alpha value is -3.15. The molecule has 1 heterocycles. The van der Waals surface area contributed by atoms with Crippen LogP contribution in [0.1, 0.15) is 18.4 Å². The number of aromatic hydroxyl groups is 1. The third-order valence-electron chi connectivity index (χ3n) is 4.60. The summed E-state index contributed by atoms with van der Waals surface area (Å²) in [5.41, 5.74) is 3.75. The number of ether oxygens (including phenoxy) is 3. The van der Waals surface area contributed by atoms with E-state index in [1.165, 1.54) is 21.3 Å². The van der Waals surface area contributed by atoms with Crippen molar-refractivity contribution in [3.8, 4) is 28.5 Å². The number of phenolic OH excluding ortho intramolecular Hbond substituents is 1. The van der Waals surface area contributed by atoms with Gasteiger partial charge >= 0.3 is 5.97 Å². The zero-order valence-corrected chi connectivity index (χ0v) is 15.7. The number of para-hydroxylation sites is 1. The molecule has 142 valence electrons. The second-order valence-electron chi connectivity index (χ2n) is 6.18. The normalized spacial score (nSPS) is 10.8. The number of carbonyl (C=O) groups is 1. The van der Waals surface area contributed by atoms with Crippen LogP contribution in [0.25, 0.3) is 22.2 Å². The lowest BCUT2D eigenvalue weighted by atomic mass is 9.99. The van der Waals surface area contributed by atoms with Crippen LogP contribution in [-0.2, 0) is 16.0 Å². The number of nitrogens with one attached hydrogen (secondary N) is 1. The minimum atomic E-state index is -0.222. The van der Waals surface area contributed by atoms with E-state index >= 15 is 0 Å². The summed E-state index contributed by atoms with van der Waals surface area (Å²) in [7, 11) is 4.41. The Morgan fingerprint density at radius 2 is 1.89 bits per heavy atom. The van der Waals surface area contributed by atoms with Gasteiger partial charge in [-0.15, -0.1) is 0 Å². The van der Waals surface area contributed by atoms with Gasteiger partial charge < -0.3 is 24.3 Å². The van der Waals surface area contributed by atoms with Gasteiger partial charge in [-0.2, -0.15) is 0 Å². The van der Waals surface area contributed by atoms with E-state index in [1.54, 1.807) is 6.07 Å². The number of aromatic nitrogens is 1. The summed E-state index contributed by atoms with van der Waals surface area (Å²) in [6.07, 6.45) is 1.72. The highest BCUT2D eigenvalue weighted by atomic mass is 16.5. The number of fused-ring (bicyclic) bond motifs is 1. The number of H-pyrrole nitrogens is 1. The molecule has 1 aromatic heterocycles. The molecular weight excluding hydrogens is 346 g/mol. The number of esters is 1. The molecule has 6 nitrogen and oxygen atoms in total. The maximum atomic E-state index is 11.5. The topological polar surface area (TPSA) is 80.8 Å². The van der Waals surface area contributed by atoms with Crippen molar-refractivity contribution >= 4 is 16.9 Å². The second kappa shape index (κ2) is 8.03. The van der Waals surface area contributed by atoms with E-state index in [1.807, 2.05) is 30.3 Å². The first kappa shape index (κ1) is 18.6. The first-order chi connectivity index (χ1) is 13.1. The van der Waals surface area contributed by atoms with E-state index in [-0.39, 0.29) is 11.7 Å². The fraction of sp³-hybridized carbons (Fsp3) is 0.286. The van der Waals surface area contributed by atoms with Gasteiger partial charge in [0.15, 0.2) is 11.5 Å². The molecule has 3 rings (SSSR count). The molecule has 0 aliphatic carbocycles. The molecule has 0 atom stereocenters. The van der Waals surface area contributed by atoms with Crippen molar-refractivity contribution in [1.82, 2.24) is 4.98 Å². The average Bonchev–Trinajstić information content (AvgIpc) is 3.05. The van der Waals surface area contributed by atoms with Crippen LogP contribution in [0.4, 0.5) is 0 Å². The fourth-order valence-electron chi connectivity index (χ4n) is 3.31. The van der Waals surface area contributed by atoms with Gasteiger partial charge in [0.1, 0.15) is 0 Å². The predicted octanol–water partition coefficient (Wildman–Crippen LogP) is 4.05. The average molecular weight is 369 g/mol. The summed E-state index contributed by atoms with van der Waals surface area (Å²) < 4.78 is 15.3. The zero-order valence-electron chi connectivity index (χ0n) is 15.7. The molecule has 0 radical (unpaired) electrons. The lowest BCUT2D eigenvalue weighted by Crippen LogP contribution is -2.01. The van der Waals surface area contributed by atoms with Crippen LogP contribution >= 0.6 is 0 Å². The van der Waals surface area contributed by atoms with Gasteiger partial charge in [0, 0.05) is 28.6 Å². The molecule has 0 aliphatic rings. The lowest BCUT2D eigenvalue weighted by Gasteiger charge is -2.12. The van der Waals surface area contributed by atoms with Crippen LogP contribution in [0.2, 0.25) is 0 Å². The van der Waals surface area contributed by atoms with Gasteiger partial charge in [-0.1, -0.05) is 18.2 Å². The number of hydrogen-bond donors (Lipinski definition) is 2. The van der Waals surface area contributed by atoms with E-state index < -0.39 is 0 Å². The molecule has 27 heavy (non-hydrogen) atoms. The smallest absolute Gasteiger partial charge is 0.305 e. The molecule has 2 aromatic carbocycles. The Labute approximate surface area is 157 Å². The van der Waals surface area contributed by atoms with Crippen molar-refractivity contribution < 1.29 is 24.1 Å². The van der Waals surface area contributed by atoms with E-state index in [2.05, 4.69) is 4.98 Å². The Morgan fingerprint density at radius 1 is 1.11 bits per heavy atom. The van der Waals surface area contributed by atoms with Gasteiger partial charge in [0.25, 0.3) is 0 Å². The Balaban J connectivity index is 2.07. The van der Waals surface area contributed by atoms with Crippen LogP contribution in [0.15, 0.2) is 36.4 Å². The number of rotatable bonds is 7. The summed E-state index contributed by atoms with van der Waals surface area (Å²) in [5, 5.41) is 11.4. The highest BCUT2D eigenvalue weighted by Gasteiger charge is 2.18. The Kier molecular flexibility index (Phi) is 5.54. The van der Waals surface area contributed by atoms with Gasteiger partial charge in [-0.25, -0.2) is 0 Å². The van der Waals surface area contributed by atoms with Gasteiger partial charge in [0.2, 0.25) is 5.75 Å². The van der Waals surface area contributed by atoms with Crippen LogP contribution < -0.4 is 9.47 Å². The standard InChI is InChI=1S/C21H23NO5/c1-25-18-12-13(11-17(23)21(18)27-3)20-15(8-6-10-19(24)26-2)14-7-4-5-9-16(14)22-20/h4-5,7,9,11-12,22-23H,6,8,10H2,1-3H3. The SMILES string of the molecule is COC(=O)CCCc1c(-c2cc(O)c(OC)c(OC)c2)[nH]c2ccccc12. The maximum absolute atomic E-state index is 11.5. The van der Waals surface area contributed by atoms with E-state index in [0.29, 0.717) is 30.8 Å². The summed E-state index contributed by atoms with van der Waals surface area (Å²) in [6.45, 7) is 0. The van der Waals surface area contributed by atoms with Crippen LogP contribution in [0.3, 0.4) is 0 Å². The molecule has 0 spiro atoms. The van der Waals surface area contributed by atoms with Crippen molar-refractivity contribution in [2.45, 2.75) is 19.3 Å². The third kappa shape index (κ3) is 3.69.